The maximum atomic E-state index is 13.8. The smallest absolute Gasteiger partial charge is 0.128 e. The van der Waals surface area contributed by atoms with Crippen LogP contribution in [0.4, 0.5) is 10.1 Å². The Balaban J connectivity index is 1.99. The molecule has 3 rings (SSSR count). The predicted molar refractivity (Wildman–Crippen MR) is 83.1 cm³/mol. The fraction of sp³-hybridized carbons (Fsp3) is 0.133. The molecule has 2 nitrogen and oxygen atoms in total. The molecule has 0 bridgehead atoms. The van der Waals surface area contributed by atoms with Crippen LogP contribution in [0.3, 0.4) is 0 Å². The van der Waals surface area contributed by atoms with Gasteiger partial charge < -0.3 is 5.32 Å². The second-order valence-electron chi connectivity index (χ2n) is 4.51. The van der Waals surface area contributed by atoms with E-state index in [-0.39, 0.29) is 11.9 Å². The van der Waals surface area contributed by atoms with E-state index in [1.54, 1.807) is 29.0 Å². The average molecular weight is 307 g/mol. The van der Waals surface area contributed by atoms with Crippen molar-refractivity contribution in [1.82, 2.24) is 4.98 Å². The summed E-state index contributed by atoms with van der Waals surface area (Å²) in [6.07, 6.45) is 0. The Hall–Kier alpha value is -1.65. The molecule has 0 saturated carbocycles. The molecule has 20 heavy (non-hydrogen) atoms. The molecule has 0 aliphatic heterocycles. The third-order valence-corrected chi connectivity index (χ3v) is 4.29. The van der Waals surface area contributed by atoms with Crippen molar-refractivity contribution in [3.63, 3.8) is 0 Å². The number of halogens is 2. The number of thiazole rings is 1. The molecule has 0 aliphatic rings. The molecule has 1 N–H and O–H groups in total. The number of hydrogen-bond donors (Lipinski definition) is 1. The van der Waals surface area contributed by atoms with Crippen LogP contribution >= 0.6 is 22.9 Å². The van der Waals surface area contributed by atoms with Crippen LogP contribution in [0.15, 0.2) is 41.9 Å². The van der Waals surface area contributed by atoms with Crippen LogP contribution < -0.4 is 5.32 Å². The number of anilines is 1. The lowest BCUT2D eigenvalue weighted by Crippen LogP contribution is -2.09. The summed E-state index contributed by atoms with van der Waals surface area (Å²) in [5.74, 6) is -0.228. The first-order valence-electron chi connectivity index (χ1n) is 6.19. The van der Waals surface area contributed by atoms with Gasteiger partial charge in [0, 0.05) is 5.56 Å². The molecule has 0 saturated heterocycles. The minimum absolute atomic E-state index is 0.194. The van der Waals surface area contributed by atoms with E-state index < -0.39 is 0 Å². The van der Waals surface area contributed by atoms with Crippen LogP contribution in [-0.2, 0) is 0 Å². The summed E-state index contributed by atoms with van der Waals surface area (Å²) in [5, 5.41) is 3.86. The molecular formula is C15H12ClFN2S. The largest absolute Gasteiger partial charge is 0.375 e. The van der Waals surface area contributed by atoms with E-state index in [9.17, 15) is 4.39 Å². The summed E-state index contributed by atoms with van der Waals surface area (Å²) < 4.78 is 14.9. The van der Waals surface area contributed by atoms with Gasteiger partial charge in [0.15, 0.2) is 0 Å². The van der Waals surface area contributed by atoms with Gasteiger partial charge in [-0.25, -0.2) is 9.37 Å². The zero-order valence-corrected chi connectivity index (χ0v) is 12.3. The van der Waals surface area contributed by atoms with Crippen molar-refractivity contribution >= 4 is 38.8 Å². The third kappa shape index (κ3) is 2.37. The number of nitrogens with one attached hydrogen (secondary N) is 1. The molecule has 1 unspecified atom stereocenters. The Bertz CT molecular complexity index is 756. The van der Waals surface area contributed by atoms with E-state index in [2.05, 4.69) is 10.3 Å². The number of rotatable bonds is 3. The van der Waals surface area contributed by atoms with Gasteiger partial charge in [0.25, 0.3) is 0 Å². The van der Waals surface area contributed by atoms with Crippen molar-refractivity contribution in [3.05, 3.63) is 58.3 Å². The van der Waals surface area contributed by atoms with Gasteiger partial charge in [-0.3, -0.25) is 0 Å². The van der Waals surface area contributed by atoms with Gasteiger partial charge in [0.2, 0.25) is 0 Å². The van der Waals surface area contributed by atoms with Crippen molar-refractivity contribution < 1.29 is 4.39 Å². The van der Waals surface area contributed by atoms with Gasteiger partial charge in [-0.05, 0) is 25.1 Å². The highest BCUT2D eigenvalue weighted by molar-refractivity contribution is 7.16. The maximum absolute atomic E-state index is 13.8. The molecule has 5 heteroatoms. The van der Waals surface area contributed by atoms with Crippen LogP contribution in [0.2, 0.25) is 5.02 Å². The molecule has 3 aromatic rings. The molecule has 102 valence electrons. The number of nitrogens with zero attached hydrogens (tertiary/aromatic N) is 1. The van der Waals surface area contributed by atoms with Gasteiger partial charge >= 0.3 is 0 Å². The lowest BCUT2D eigenvalue weighted by molar-refractivity contribution is 0.600. The molecular weight excluding hydrogens is 295 g/mol. The van der Waals surface area contributed by atoms with Crippen molar-refractivity contribution in [2.75, 3.05) is 5.32 Å². The van der Waals surface area contributed by atoms with E-state index in [0.29, 0.717) is 10.6 Å². The second kappa shape index (κ2) is 5.38. The number of hydrogen-bond acceptors (Lipinski definition) is 3. The van der Waals surface area contributed by atoms with E-state index >= 15 is 0 Å². The standard InChI is InChI=1S/C15H12ClFN2S/c1-9(10-4-2-3-5-12(10)17)19-14-11(16)6-7-13-15(14)18-8-20-13/h2-9,19H,1H3. The summed E-state index contributed by atoms with van der Waals surface area (Å²) in [6.45, 7) is 1.90. The second-order valence-corrected chi connectivity index (χ2v) is 5.80. The van der Waals surface area contributed by atoms with Crippen molar-refractivity contribution in [3.8, 4) is 0 Å². The zero-order valence-electron chi connectivity index (χ0n) is 10.7. The first kappa shape index (κ1) is 13.3. The summed E-state index contributed by atoms with van der Waals surface area (Å²) in [5.41, 5.74) is 3.96. The van der Waals surface area contributed by atoms with Gasteiger partial charge in [0.1, 0.15) is 11.3 Å². The molecule has 0 radical (unpaired) electrons. The number of aromatic nitrogens is 1. The molecule has 0 fully saturated rings. The van der Waals surface area contributed by atoms with Gasteiger partial charge in [-0.15, -0.1) is 11.3 Å². The SMILES string of the molecule is CC(Nc1c(Cl)ccc2scnc12)c1ccccc1F. The third-order valence-electron chi connectivity index (χ3n) is 3.18. The zero-order chi connectivity index (χ0) is 14.1. The van der Waals surface area contributed by atoms with E-state index in [0.717, 1.165) is 15.9 Å². The van der Waals surface area contributed by atoms with Gasteiger partial charge in [-0.2, -0.15) is 0 Å². The topological polar surface area (TPSA) is 24.9 Å². The molecule has 0 spiro atoms. The number of fused-ring (bicyclic) bond motifs is 1. The first-order chi connectivity index (χ1) is 9.66. The van der Waals surface area contributed by atoms with Crippen LogP contribution in [0, 0.1) is 5.82 Å². The van der Waals surface area contributed by atoms with Crippen molar-refractivity contribution in [2.24, 2.45) is 0 Å². The maximum Gasteiger partial charge on any atom is 0.128 e. The van der Waals surface area contributed by atoms with Gasteiger partial charge in [0.05, 0.1) is 27.0 Å². The monoisotopic (exact) mass is 306 g/mol. The van der Waals surface area contributed by atoms with Crippen LogP contribution in [-0.4, -0.2) is 4.98 Å². The Kier molecular flexibility index (Phi) is 3.59. The summed E-state index contributed by atoms with van der Waals surface area (Å²) in [6, 6.07) is 10.3. The van der Waals surface area contributed by atoms with Crippen LogP contribution in [0.25, 0.3) is 10.2 Å². The molecule has 2 aromatic carbocycles. The Morgan fingerprint density at radius 2 is 2.05 bits per heavy atom. The van der Waals surface area contributed by atoms with E-state index in [1.165, 1.54) is 6.07 Å². The summed E-state index contributed by atoms with van der Waals surface area (Å²) >= 11 is 7.79. The Labute approximate surface area is 125 Å². The highest BCUT2D eigenvalue weighted by Crippen LogP contribution is 2.34. The van der Waals surface area contributed by atoms with E-state index in [1.807, 2.05) is 25.1 Å². The average Bonchev–Trinajstić information content (AvgIpc) is 2.91. The van der Waals surface area contributed by atoms with Crippen LogP contribution in [0.1, 0.15) is 18.5 Å². The number of benzene rings is 2. The Morgan fingerprint density at radius 1 is 1.25 bits per heavy atom. The summed E-state index contributed by atoms with van der Waals surface area (Å²) in [4.78, 5) is 4.33. The fourth-order valence-electron chi connectivity index (χ4n) is 2.16. The lowest BCUT2D eigenvalue weighted by atomic mass is 10.1. The quantitative estimate of drug-likeness (QED) is 0.713. The first-order valence-corrected chi connectivity index (χ1v) is 7.45. The fourth-order valence-corrected chi connectivity index (χ4v) is 3.06. The highest BCUT2D eigenvalue weighted by Gasteiger charge is 2.14. The molecule has 0 amide bonds. The molecule has 1 heterocycles. The minimum atomic E-state index is -0.228. The minimum Gasteiger partial charge on any atom is -0.375 e. The highest BCUT2D eigenvalue weighted by atomic mass is 35.5. The normalized spacial score (nSPS) is 12.6. The molecule has 0 aliphatic carbocycles. The van der Waals surface area contributed by atoms with Crippen molar-refractivity contribution in [2.45, 2.75) is 13.0 Å². The molecule has 1 atom stereocenters. The lowest BCUT2D eigenvalue weighted by Gasteiger charge is -2.17. The van der Waals surface area contributed by atoms with Gasteiger partial charge in [-0.1, -0.05) is 29.8 Å². The predicted octanol–water partition coefficient (Wildman–Crippen LogP) is 5.26. The summed E-state index contributed by atoms with van der Waals surface area (Å²) in [7, 11) is 0. The van der Waals surface area contributed by atoms with Crippen molar-refractivity contribution in [1.29, 1.82) is 0 Å². The molecule has 1 aromatic heterocycles. The van der Waals surface area contributed by atoms with E-state index in [4.69, 9.17) is 11.6 Å². The Morgan fingerprint density at radius 3 is 2.85 bits per heavy atom. The van der Waals surface area contributed by atoms with Crippen LogP contribution in [0.5, 0.6) is 0 Å².